The standard InChI is InChI=1S/C12H14N4O3S/c1-6-4-14-10-8(9(6)20-5-7(13)17)11(18)16(3)12(19)15(10)2/h4H,5H2,1-3H3,(H2,13,17). The Labute approximate surface area is 118 Å². The fraction of sp³-hybridized carbons (Fsp3) is 0.333. The lowest BCUT2D eigenvalue weighted by Crippen LogP contribution is -2.37. The van der Waals surface area contributed by atoms with E-state index in [2.05, 4.69) is 4.98 Å². The molecule has 2 aromatic rings. The number of aromatic nitrogens is 3. The van der Waals surface area contributed by atoms with Crippen molar-refractivity contribution in [2.45, 2.75) is 11.8 Å². The number of thioether (sulfide) groups is 1. The molecular weight excluding hydrogens is 280 g/mol. The zero-order chi connectivity index (χ0) is 15.0. The Morgan fingerprint density at radius 3 is 2.60 bits per heavy atom. The Morgan fingerprint density at radius 1 is 1.35 bits per heavy atom. The lowest BCUT2D eigenvalue weighted by molar-refractivity contribution is -0.115. The number of hydrogen-bond acceptors (Lipinski definition) is 5. The molecule has 0 atom stereocenters. The van der Waals surface area contributed by atoms with Gasteiger partial charge in [-0.1, -0.05) is 0 Å². The van der Waals surface area contributed by atoms with E-state index in [1.54, 1.807) is 20.2 Å². The monoisotopic (exact) mass is 294 g/mol. The molecule has 106 valence electrons. The maximum absolute atomic E-state index is 12.3. The minimum absolute atomic E-state index is 0.0615. The predicted octanol–water partition coefficient (Wildman–Crippen LogP) is -0.482. The highest BCUT2D eigenvalue weighted by Crippen LogP contribution is 2.26. The molecule has 0 bridgehead atoms. The summed E-state index contributed by atoms with van der Waals surface area (Å²) in [5.74, 6) is -0.410. The van der Waals surface area contributed by atoms with Gasteiger partial charge in [-0.3, -0.25) is 18.7 Å². The van der Waals surface area contributed by atoms with Gasteiger partial charge in [0.2, 0.25) is 5.91 Å². The number of carbonyl (C=O) groups is 1. The van der Waals surface area contributed by atoms with Crippen molar-refractivity contribution in [2.24, 2.45) is 19.8 Å². The average molecular weight is 294 g/mol. The fourth-order valence-corrected chi connectivity index (χ4v) is 2.82. The first kappa shape index (κ1) is 14.3. The molecule has 2 N–H and O–H groups in total. The number of pyridine rings is 1. The molecule has 1 amide bonds. The summed E-state index contributed by atoms with van der Waals surface area (Å²) in [4.78, 5) is 39.9. The average Bonchev–Trinajstić information content (AvgIpc) is 2.40. The molecule has 0 aliphatic carbocycles. The quantitative estimate of drug-likeness (QED) is 0.771. The van der Waals surface area contributed by atoms with E-state index < -0.39 is 17.2 Å². The number of nitrogens with two attached hydrogens (primary N) is 1. The van der Waals surface area contributed by atoms with Crippen LogP contribution in [0.2, 0.25) is 0 Å². The summed E-state index contributed by atoms with van der Waals surface area (Å²) in [5.41, 5.74) is 5.34. The van der Waals surface area contributed by atoms with Crippen LogP contribution in [0.4, 0.5) is 0 Å². The number of amides is 1. The maximum Gasteiger partial charge on any atom is 0.332 e. The van der Waals surface area contributed by atoms with E-state index in [9.17, 15) is 14.4 Å². The van der Waals surface area contributed by atoms with Crippen molar-refractivity contribution in [3.63, 3.8) is 0 Å². The van der Waals surface area contributed by atoms with Gasteiger partial charge in [-0.25, -0.2) is 9.78 Å². The summed E-state index contributed by atoms with van der Waals surface area (Å²) < 4.78 is 2.34. The Kier molecular flexibility index (Phi) is 3.67. The highest BCUT2D eigenvalue weighted by Gasteiger charge is 2.16. The molecule has 2 rings (SSSR count). The third-order valence-corrected chi connectivity index (χ3v) is 4.20. The van der Waals surface area contributed by atoms with Gasteiger partial charge in [0.1, 0.15) is 5.65 Å². The van der Waals surface area contributed by atoms with Crippen LogP contribution in [0, 0.1) is 6.92 Å². The van der Waals surface area contributed by atoms with Crippen LogP contribution >= 0.6 is 11.8 Å². The van der Waals surface area contributed by atoms with E-state index in [-0.39, 0.29) is 5.75 Å². The molecule has 0 saturated carbocycles. The normalized spacial score (nSPS) is 10.9. The van der Waals surface area contributed by atoms with Crippen molar-refractivity contribution in [3.8, 4) is 0 Å². The van der Waals surface area contributed by atoms with Crippen molar-refractivity contribution < 1.29 is 4.79 Å². The first-order chi connectivity index (χ1) is 9.34. The first-order valence-electron chi connectivity index (χ1n) is 5.81. The van der Waals surface area contributed by atoms with E-state index in [1.165, 1.54) is 23.4 Å². The largest absolute Gasteiger partial charge is 0.369 e. The Morgan fingerprint density at radius 2 is 2.00 bits per heavy atom. The molecule has 20 heavy (non-hydrogen) atoms. The maximum atomic E-state index is 12.3. The van der Waals surface area contributed by atoms with Gasteiger partial charge in [-0.05, 0) is 12.5 Å². The molecule has 2 aromatic heterocycles. The number of nitrogens with zero attached hydrogens (tertiary/aromatic N) is 3. The van der Waals surface area contributed by atoms with Gasteiger partial charge in [-0.2, -0.15) is 0 Å². The molecule has 0 radical (unpaired) electrons. The summed E-state index contributed by atoms with van der Waals surface area (Å²) in [6.45, 7) is 1.79. The molecule has 2 heterocycles. The van der Waals surface area contributed by atoms with E-state index in [0.717, 1.165) is 10.1 Å². The van der Waals surface area contributed by atoms with Crippen LogP contribution in [-0.2, 0) is 18.9 Å². The van der Waals surface area contributed by atoms with Crippen molar-refractivity contribution in [3.05, 3.63) is 32.6 Å². The fourth-order valence-electron chi connectivity index (χ4n) is 1.93. The van der Waals surface area contributed by atoms with Crippen molar-refractivity contribution >= 4 is 28.7 Å². The van der Waals surface area contributed by atoms with Gasteiger partial charge in [0.25, 0.3) is 5.56 Å². The molecule has 0 aromatic carbocycles. The number of aryl methyl sites for hydroxylation is 2. The number of fused-ring (bicyclic) bond motifs is 1. The minimum Gasteiger partial charge on any atom is -0.369 e. The molecule has 0 saturated heterocycles. The van der Waals surface area contributed by atoms with Crippen LogP contribution < -0.4 is 17.0 Å². The lowest BCUT2D eigenvalue weighted by Gasteiger charge is -2.11. The number of rotatable bonds is 3. The van der Waals surface area contributed by atoms with E-state index in [1.807, 2.05) is 0 Å². The molecule has 0 aliphatic rings. The second kappa shape index (κ2) is 5.12. The number of hydrogen-bond donors (Lipinski definition) is 1. The number of primary amides is 1. The first-order valence-corrected chi connectivity index (χ1v) is 6.79. The van der Waals surface area contributed by atoms with Gasteiger partial charge < -0.3 is 5.73 Å². The molecular formula is C12H14N4O3S. The molecule has 0 unspecified atom stereocenters. The Hall–Kier alpha value is -2.09. The summed E-state index contributed by atoms with van der Waals surface area (Å²) in [6, 6.07) is 0. The van der Waals surface area contributed by atoms with E-state index in [0.29, 0.717) is 15.9 Å². The smallest absolute Gasteiger partial charge is 0.332 e. The molecule has 0 aliphatic heterocycles. The van der Waals surface area contributed by atoms with Crippen LogP contribution in [-0.4, -0.2) is 25.8 Å². The van der Waals surface area contributed by atoms with Crippen LogP contribution in [0.1, 0.15) is 5.56 Å². The van der Waals surface area contributed by atoms with Crippen molar-refractivity contribution in [2.75, 3.05) is 5.75 Å². The van der Waals surface area contributed by atoms with Gasteiger partial charge in [-0.15, -0.1) is 11.8 Å². The summed E-state index contributed by atoms with van der Waals surface area (Å²) in [5, 5.41) is 0.334. The zero-order valence-corrected chi connectivity index (χ0v) is 12.2. The Balaban J connectivity index is 2.87. The minimum atomic E-state index is -0.471. The van der Waals surface area contributed by atoms with Crippen LogP contribution in [0.5, 0.6) is 0 Å². The Bertz CT molecular complexity index is 822. The molecule has 0 spiro atoms. The topological polar surface area (TPSA) is 100.0 Å². The van der Waals surface area contributed by atoms with Crippen LogP contribution in [0.25, 0.3) is 11.0 Å². The second-order valence-corrected chi connectivity index (χ2v) is 5.42. The van der Waals surface area contributed by atoms with E-state index >= 15 is 0 Å². The lowest BCUT2D eigenvalue weighted by atomic mass is 10.2. The van der Waals surface area contributed by atoms with E-state index in [4.69, 9.17) is 5.73 Å². The van der Waals surface area contributed by atoms with Gasteiger partial charge in [0.15, 0.2) is 0 Å². The van der Waals surface area contributed by atoms with Gasteiger partial charge in [0, 0.05) is 25.2 Å². The van der Waals surface area contributed by atoms with Gasteiger partial charge >= 0.3 is 5.69 Å². The highest BCUT2D eigenvalue weighted by atomic mass is 32.2. The summed E-state index contributed by atoms with van der Waals surface area (Å²) >= 11 is 1.18. The summed E-state index contributed by atoms with van der Waals surface area (Å²) in [7, 11) is 2.96. The zero-order valence-electron chi connectivity index (χ0n) is 11.3. The van der Waals surface area contributed by atoms with Crippen molar-refractivity contribution in [1.82, 2.24) is 14.1 Å². The molecule has 0 fully saturated rings. The molecule has 8 heteroatoms. The van der Waals surface area contributed by atoms with Crippen LogP contribution in [0.3, 0.4) is 0 Å². The molecule has 7 nitrogen and oxygen atoms in total. The second-order valence-electron chi connectivity index (χ2n) is 4.43. The van der Waals surface area contributed by atoms with Crippen LogP contribution in [0.15, 0.2) is 20.7 Å². The summed E-state index contributed by atoms with van der Waals surface area (Å²) in [6.07, 6.45) is 1.57. The third kappa shape index (κ3) is 2.22. The third-order valence-electron chi connectivity index (χ3n) is 2.96. The predicted molar refractivity (Wildman–Crippen MR) is 76.9 cm³/mol. The van der Waals surface area contributed by atoms with Gasteiger partial charge in [0.05, 0.1) is 11.1 Å². The highest BCUT2D eigenvalue weighted by molar-refractivity contribution is 8.00. The van der Waals surface area contributed by atoms with Crippen molar-refractivity contribution in [1.29, 1.82) is 0 Å². The SMILES string of the molecule is Cc1cnc2c(c1SCC(N)=O)c(=O)n(C)c(=O)n2C. The number of carbonyl (C=O) groups excluding carboxylic acids is 1.